The van der Waals surface area contributed by atoms with E-state index < -0.39 is 70.1 Å². The first-order valence-electron chi connectivity index (χ1n) is 9.07. The summed E-state index contributed by atoms with van der Waals surface area (Å²) in [6.45, 7) is 5.21. The fourth-order valence-corrected chi connectivity index (χ4v) is 3.77. The molecule has 1 aromatic rings. The van der Waals surface area contributed by atoms with E-state index in [1.165, 1.54) is 4.90 Å². The van der Waals surface area contributed by atoms with E-state index in [1.807, 2.05) is 0 Å². The van der Waals surface area contributed by atoms with Gasteiger partial charge in [0, 0.05) is 5.92 Å². The number of rotatable bonds is 2. The molecule has 0 spiro atoms. The van der Waals surface area contributed by atoms with Gasteiger partial charge in [0.25, 0.3) is 0 Å². The fraction of sp³-hybridized carbons (Fsp3) is 0.579. The number of fused-ring (bicyclic) bond motifs is 2. The van der Waals surface area contributed by atoms with E-state index in [0.717, 1.165) is 0 Å². The van der Waals surface area contributed by atoms with Crippen molar-refractivity contribution in [2.24, 2.45) is 5.92 Å². The number of hydrogen-bond acceptors (Lipinski definition) is 4. The van der Waals surface area contributed by atoms with Crippen LogP contribution in [0.3, 0.4) is 0 Å². The maximum absolute atomic E-state index is 14.0. The molecule has 2 unspecified atom stereocenters. The second-order valence-electron chi connectivity index (χ2n) is 8.21. The molecular weight excluding hydrogens is 401 g/mol. The molecule has 29 heavy (non-hydrogen) atoms. The summed E-state index contributed by atoms with van der Waals surface area (Å²) in [4.78, 5) is 26.6. The Balaban J connectivity index is 1.87. The van der Waals surface area contributed by atoms with Crippen molar-refractivity contribution in [2.75, 3.05) is 13.2 Å². The summed E-state index contributed by atoms with van der Waals surface area (Å²) in [5.74, 6) is -13.2. The second kappa shape index (κ2) is 7.55. The number of halogens is 5. The lowest BCUT2D eigenvalue weighted by Gasteiger charge is -2.47. The highest BCUT2D eigenvalue weighted by molar-refractivity contribution is 5.98. The number of nitrogens with zero attached hydrogens (tertiary/aromatic N) is 1. The van der Waals surface area contributed by atoms with Crippen molar-refractivity contribution in [1.82, 2.24) is 4.90 Å². The second-order valence-corrected chi connectivity index (χ2v) is 8.21. The van der Waals surface area contributed by atoms with Crippen molar-refractivity contribution in [3.8, 4) is 0 Å². The minimum Gasteiger partial charge on any atom is -0.444 e. The van der Waals surface area contributed by atoms with Crippen LogP contribution in [0.25, 0.3) is 0 Å². The summed E-state index contributed by atoms with van der Waals surface area (Å²) < 4.78 is 79.1. The van der Waals surface area contributed by atoms with Crippen LogP contribution in [0, 0.1) is 35.0 Å². The molecule has 2 atom stereocenters. The van der Waals surface area contributed by atoms with Crippen molar-refractivity contribution in [3.05, 3.63) is 34.6 Å². The molecule has 2 aliphatic rings. The van der Waals surface area contributed by atoms with Crippen molar-refractivity contribution >= 4 is 11.9 Å². The highest BCUT2D eigenvalue weighted by Gasteiger charge is 2.46. The summed E-state index contributed by atoms with van der Waals surface area (Å²) >= 11 is 0. The predicted octanol–water partition coefficient (Wildman–Crippen LogP) is 3.98. The van der Waals surface area contributed by atoms with E-state index >= 15 is 0 Å². The van der Waals surface area contributed by atoms with E-state index in [-0.39, 0.29) is 26.1 Å². The van der Waals surface area contributed by atoms with Gasteiger partial charge in [0.2, 0.25) is 5.82 Å². The molecule has 2 bridgehead atoms. The van der Waals surface area contributed by atoms with Gasteiger partial charge < -0.3 is 9.47 Å². The van der Waals surface area contributed by atoms with Gasteiger partial charge in [-0.15, -0.1) is 0 Å². The van der Waals surface area contributed by atoms with Crippen LogP contribution in [-0.4, -0.2) is 47.7 Å². The molecule has 0 radical (unpaired) electrons. The first-order chi connectivity index (χ1) is 13.4. The van der Waals surface area contributed by atoms with Crippen LogP contribution in [0.1, 0.15) is 44.0 Å². The van der Waals surface area contributed by atoms with Crippen molar-refractivity contribution < 1.29 is 41.0 Å². The SMILES string of the molecule is CC(C)(C)OC(=O)N1C2COCC1CC(C(=O)c1c(F)c(F)c(F)c(F)c1F)C2. The summed E-state index contributed by atoms with van der Waals surface area (Å²) in [6, 6.07) is -1.24. The first kappa shape index (κ1) is 21.5. The lowest BCUT2D eigenvalue weighted by Crippen LogP contribution is -2.60. The van der Waals surface area contributed by atoms with Gasteiger partial charge in [-0.3, -0.25) is 9.69 Å². The Morgan fingerprint density at radius 2 is 1.34 bits per heavy atom. The number of carbonyl (C=O) groups excluding carboxylic acids is 2. The molecular formula is C19H20F5NO4. The molecule has 0 aliphatic carbocycles. The highest BCUT2D eigenvalue weighted by atomic mass is 19.2. The summed E-state index contributed by atoms with van der Waals surface area (Å²) in [5.41, 5.74) is -2.20. The third-order valence-corrected chi connectivity index (χ3v) is 4.95. The lowest BCUT2D eigenvalue weighted by atomic mass is 9.80. The zero-order valence-electron chi connectivity index (χ0n) is 16.0. The van der Waals surface area contributed by atoms with E-state index in [1.54, 1.807) is 20.8 Å². The van der Waals surface area contributed by atoms with Gasteiger partial charge in [-0.1, -0.05) is 0 Å². The Morgan fingerprint density at radius 3 is 1.79 bits per heavy atom. The molecule has 0 saturated carbocycles. The van der Waals surface area contributed by atoms with Crippen molar-refractivity contribution in [1.29, 1.82) is 0 Å². The molecule has 2 fully saturated rings. The normalized spacial score (nSPS) is 24.4. The maximum atomic E-state index is 14.0. The Hall–Kier alpha value is -2.23. The van der Waals surface area contributed by atoms with E-state index in [0.29, 0.717) is 0 Å². The summed E-state index contributed by atoms with van der Waals surface area (Å²) in [7, 11) is 0. The van der Waals surface area contributed by atoms with Crippen molar-refractivity contribution in [3.63, 3.8) is 0 Å². The lowest BCUT2D eigenvalue weighted by molar-refractivity contribution is -0.0861. The van der Waals surface area contributed by atoms with Gasteiger partial charge in [-0.05, 0) is 33.6 Å². The van der Waals surface area contributed by atoms with Gasteiger partial charge in [-0.2, -0.15) is 0 Å². The third-order valence-electron chi connectivity index (χ3n) is 4.95. The molecule has 160 valence electrons. The molecule has 2 aliphatic heterocycles. The Labute approximate surface area is 163 Å². The Morgan fingerprint density at radius 1 is 0.897 bits per heavy atom. The molecule has 1 aromatic carbocycles. The van der Waals surface area contributed by atoms with Crippen LogP contribution in [0.5, 0.6) is 0 Å². The number of amides is 1. The van der Waals surface area contributed by atoms with Gasteiger partial charge in [0.1, 0.15) is 5.60 Å². The summed E-state index contributed by atoms with van der Waals surface area (Å²) in [6.07, 6.45) is -0.708. The van der Waals surface area contributed by atoms with Crippen molar-refractivity contribution in [2.45, 2.75) is 51.3 Å². The topological polar surface area (TPSA) is 55.8 Å². The highest BCUT2D eigenvalue weighted by Crippen LogP contribution is 2.36. The van der Waals surface area contributed by atoms with Gasteiger partial charge >= 0.3 is 6.09 Å². The van der Waals surface area contributed by atoms with Crippen LogP contribution in [0.2, 0.25) is 0 Å². The van der Waals surface area contributed by atoms with E-state index in [9.17, 15) is 31.5 Å². The van der Waals surface area contributed by atoms with Gasteiger partial charge in [0.05, 0.1) is 30.9 Å². The quantitative estimate of drug-likeness (QED) is 0.314. The van der Waals surface area contributed by atoms with E-state index in [2.05, 4.69) is 0 Å². The number of morpholine rings is 1. The number of carbonyl (C=O) groups is 2. The van der Waals surface area contributed by atoms with Gasteiger partial charge in [0.15, 0.2) is 29.1 Å². The molecule has 1 amide bonds. The molecule has 10 heteroatoms. The number of hydrogen-bond donors (Lipinski definition) is 0. The largest absolute Gasteiger partial charge is 0.444 e. The monoisotopic (exact) mass is 421 g/mol. The van der Waals surface area contributed by atoms with E-state index in [4.69, 9.17) is 9.47 Å². The fourth-order valence-electron chi connectivity index (χ4n) is 3.77. The average Bonchev–Trinajstić information content (AvgIpc) is 2.62. The molecule has 3 rings (SSSR count). The smallest absolute Gasteiger partial charge is 0.410 e. The molecule has 5 nitrogen and oxygen atoms in total. The third kappa shape index (κ3) is 3.94. The molecule has 0 N–H and O–H groups in total. The standard InChI is InChI=1S/C19H20F5NO4/c1-19(2,3)29-18(27)25-9-4-8(5-10(25)7-28-6-9)17(26)11-12(20)14(22)16(24)15(23)13(11)21/h8-10H,4-7H2,1-3H3. The number of piperidine rings is 1. The van der Waals surface area contributed by atoms with Crippen LogP contribution in [0.4, 0.5) is 26.7 Å². The van der Waals surface area contributed by atoms with Gasteiger partial charge in [-0.25, -0.2) is 26.7 Å². The number of Topliss-reactive ketones (excluding diaryl/α,β-unsaturated/α-hetero) is 1. The van der Waals surface area contributed by atoms with Crippen LogP contribution in [-0.2, 0) is 9.47 Å². The zero-order chi connectivity index (χ0) is 21.7. The maximum Gasteiger partial charge on any atom is 0.410 e. The minimum absolute atomic E-state index is 0.0475. The number of ether oxygens (including phenoxy) is 2. The Bertz CT molecular complexity index is 811. The Kier molecular flexibility index (Phi) is 5.59. The number of benzene rings is 1. The van der Waals surface area contributed by atoms with Crippen LogP contribution < -0.4 is 0 Å². The minimum atomic E-state index is -2.32. The van der Waals surface area contributed by atoms with Crippen LogP contribution in [0.15, 0.2) is 0 Å². The molecule has 2 saturated heterocycles. The molecule has 2 heterocycles. The predicted molar refractivity (Wildman–Crippen MR) is 89.8 cm³/mol. The molecule has 0 aromatic heterocycles. The summed E-state index contributed by atoms with van der Waals surface area (Å²) in [5, 5.41) is 0. The first-order valence-corrected chi connectivity index (χ1v) is 9.07. The number of ketones is 1. The zero-order valence-corrected chi connectivity index (χ0v) is 16.0. The van der Waals surface area contributed by atoms with Crippen LogP contribution >= 0.6 is 0 Å². The average molecular weight is 421 g/mol.